The standard InChI is InChI=1S/C12H14F3N/c1-9-2-4-10(5-3-9)8-16(11-6-7-11)12(13,14)15/h2-5,11H,6-8H2,1H3. The lowest BCUT2D eigenvalue weighted by Gasteiger charge is -2.24. The minimum Gasteiger partial charge on any atom is -0.207 e. The molecule has 0 bridgehead atoms. The van der Waals surface area contributed by atoms with E-state index in [9.17, 15) is 13.2 Å². The Balaban J connectivity index is 2.08. The Kier molecular flexibility index (Phi) is 2.93. The molecule has 1 aromatic rings. The molecule has 1 saturated carbocycles. The number of aryl methyl sites for hydroxylation is 1. The van der Waals surface area contributed by atoms with Gasteiger partial charge in [-0.3, -0.25) is 0 Å². The van der Waals surface area contributed by atoms with Crippen molar-refractivity contribution in [3.8, 4) is 0 Å². The molecule has 1 aliphatic rings. The summed E-state index contributed by atoms with van der Waals surface area (Å²) in [7, 11) is 0. The van der Waals surface area contributed by atoms with Crippen LogP contribution in [0.2, 0.25) is 0 Å². The minimum absolute atomic E-state index is 0.0333. The molecule has 0 heterocycles. The predicted molar refractivity (Wildman–Crippen MR) is 55.8 cm³/mol. The van der Waals surface area contributed by atoms with Crippen LogP contribution < -0.4 is 0 Å². The van der Waals surface area contributed by atoms with Crippen molar-refractivity contribution in [3.05, 3.63) is 35.4 Å². The molecule has 1 nitrogen and oxygen atoms in total. The average molecular weight is 229 g/mol. The van der Waals surface area contributed by atoms with Crippen molar-refractivity contribution >= 4 is 0 Å². The first-order chi connectivity index (χ1) is 7.47. The monoisotopic (exact) mass is 229 g/mol. The van der Waals surface area contributed by atoms with Gasteiger partial charge >= 0.3 is 6.30 Å². The van der Waals surface area contributed by atoms with Crippen molar-refractivity contribution in [3.63, 3.8) is 0 Å². The zero-order chi connectivity index (χ0) is 11.8. The van der Waals surface area contributed by atoms with Crippen molar-refractivity contribution in [2.24, 2.45) is 0 Å². The molecule has 0 aromatic heterocycles. The third-order valence-corrected chi connectivity index (χ3v) is 2.79. The lowest BCUT2D eigenvalue weighted by atomic mass is 10.1. The molecule has 0 radical (unpaired) electrons. The number of hydrogen-bond acceptors (Lipinski definition) is 1. The van der Waals surface area contributed by atoms with Gasteiger partial charge < -0.3 is 0 Å². The molecular formula is C12H14F3N. The van der Waals surface area contributed by atoms with E-state index in [-0.39, 0.29) is 12.6 Å². The van der Waals surface area contributed by atoms with Gasteiger partial charge in [0.1, 0.15) is 0 Å². The van der Waals surface area contributed by atoms with Crippen LogP contribution in [0.4, 0.5) is 13.2 Å². The van der Waals surface area contributed by atoms with Gasteiger partial charge in [0.2, 0.25) is 0 Å². The van der Waals surface area contributed by atoms with E-state index in [2.05, 4.69) is 0 Å². The molecule has 88 valence electrons. The topological polar surface area (TPSA) is 3.24 Å². The van der Waals surface area contributed by atoms with Gasteiger partial charge in [0, 0.05) is 12.6 Å². The second-order valence-electron chi connectivity index (χ2n) is 4.31. The summed E-state index contributed by atoms with van der Waals surface area (Å²) >= 11 is 0. The Morgan fingerprint density at radius 2 is 1.75 bits per heavy atom. The molecule has 1 fully saturated rings. The molecule has 0 amide bonds. The summed E-state index contributed by atoms with van der Waals surface area (Å²) in [5.74, 6) is 0. The highest BCUT2D eigenvalue weighted by Crippen LogP contribution is 2.36. The Bertz CT molecular complexity index is 352. The number of nitrogens with zero attached hydrogens (tertiary/aromatic N) is 1. The van der Waals surface area contributed by atoms with Crippen LogP contribution in [0.15, 0.2) is 24.3 Å². The van der Waals surface area contributed by atoms with E-state index in [1.807, 2.05) is 19.1 Å². The molecule has 4 heteroatoms. The number of rotatable bonds is 3. The van der Waals surface area contributed by atoms with Gasteiger partial charge in [0.15, 0.2) is 0 Å². The van der Waals surface area contributed by atoms with Crippen LogP contribution in [0.1, 0.15) is 24.0 Å². The molecule has 1 aliphatic carbocycles. The highest BCUT2D eigenvalue weighted by molar-refractivity contribution is 5.21. The maximum Gasteiger partial charge on any atom is 0.460 e. The van der Waals surface area contributed by atoms with Crippen molar-refractivity contribution in [2.75, 3.05) is 0 Å². The fourth-order valence-corrected chi connectivity index (χ4v) is 1.70. The first kappa shape index (κ1) is 11.5. The average Bonchev–Trinajstić information content (AvgIpc) is 2.98. The van der Waals surface area contributed by atoms with Crippen LogP contribution in [-0.2, 0) is 6.54 Å². The second kappa shape index (κ2) is 4.09. The van der Waals surface area contributed by atoms with Crippen LogP contribution in [0.3, 0.4) is 0 Å². The minimum atomic E-state index is -4.22. The zero-order valence-corrected chi connectivity index (χ0v) is 9.09. The summed E-state index contributed by atoms with van der Waals surface area (Å²) < 4.78 is 38.1. The molecular weight excluding hydrogens is 215 g/mol. The third kappa shape index (κ3) is 2.76. The van der Waals surface area contributed by atoms with E-state index in [0.29, 0.717) is 17.7 Å². The zero-order valence-electron chi connectivity index (χ0n) is 9.09. The van der Waals surface area contributed by atoms with E-state index in [4.69, 9.17) is 0 Å². The van der Waals surface area contributed by atoms with Crippen LogP contribution in [0, 0.1) is 6.92 Å². The van der Waals surface area contributed by atoms with Crippen molar-refractivity contribution in [1.29, 1.82) is 0 Å². The van der Waals surface area contributed by atoms with Crippen LogP contribution in [0.5, 0.6) is 0 Å². The maximum atomic E-state index is 12.7. The fraction of sp³-hybridized carbons (Fsp3) is 0.500. The third-order valence-electron chi connectivity index (χ3n) is 2.79. The molecule has 1 aromatic carbocycles. The van der Waals surface area contributed by atoms with Gasteiger partial charge in [-0.1, -0.05) is 29.8 Å². The van der Waals surface area contributed by atoms with E-state index in [1.54, 1.807) is 12.1 Å². The SMILES string of the molecule is Cc1ccc(CN(C2CC2)C(F)(F)F)cc1. The van der Waals surface area contributed by atoms with Gasteiger partial charge in [-0.2, -0.15) is 13.2 Å². The fourth-order valence-electron chi connectivity index (χ4n) is 1.70. The first-order valence-electron chi connectivity index (χ1n) is 5.36. The molecule has 2 rings (SSSR count). The molecule has 0 unspecified atom stereocenters. The normalized spacial score (nSPS) is 16.8. The second-order valence-corrected chi connectivity index (χ2v) is 4.31. The summed E-state index contributed by atoms with van der Waals surface area (Å²) in [6, 6.07) is 6.90. The highest BCUT2D eigenvalue weighted by atomic mass is 19.4. The van der Waals surface area contributed by atoms with Crippen molar-refractivity contribution in [1.82, 2.24) is 4.90 Å². The summed E-state index contributed by atoms with van der Waals surface area (Å²) in [4.78, 5) is 0.637. The van der Waals surface area contributed by atoms with E-state index in [0.717, 1.165) is 11.1 Å². The number of alkyl halides is 3. The Morgan fingerprint density at radius 3 is 2.19 bits per heavy atom. The van der Waals surface area contributed by atoms with Crippen molar-refractivity contribution in [2.45, 2.75) is 38.7 Å². The summed E-state index contributed by atoms with van der Waals surface area (Å²) in [5.41, 5.74) is 1.78. The molecule has 0 atom stereocenters. The Morgan fingerprint density at radius 1 is 1.19 bits per heavy atom. The van der Waals surface area contributed by atoms with E-state index < -0.39 is 6.30 Å². The van der Waals surface area contributed by atoms with Gasteiger partial charge in [0.25, 0.3) is 0 Å². The Hall–Kier alpha value is -1.03. The van der Waals surface area contributed by atoms with E-state index >= 15 is 0 Å². The van der Waals surface area contributed by atoms with Gasteiger partial charge in [-0.25, -0.2) is 4.90 Å². The number of benzene rings is 1. The lowest BCUT2D eigenvalue weighted by Crippen LogP contribution is -2.39. The largest absolute Gasteiger partial charge is 0.460 e. The highest BCUT2D eigenvalue weighted by Gasteiger charge is 2.45. The summed E-state index contributed by atoms with van der Waals surface area (Å²) in [6.07, 6.45) is -2.90. The molecule has 16 heavy (non-hydrogen) atoms. The van der Waals surface area contributed by atoms with Gasteiger partial charge in [-0.15, -0.1) is 0 Å². The lowest BCUT2D eigenvalue weighted by molar-refractivity contribution is -0.253. The number of hydrogen-bond donors (Lipinski definition) is 0. The van der Waals surface area contributed by atoms with Crippen LogP contribution in [0.25, 0.3) is 0 Å². The maximum absolute atomic E-state index is 12.7. The molecule has 0 spiro atoms. The van der Waals surface area contributed by atoms with Crippen LogP contribution in [-0.4, -0.2) is 17.2 Å². The van der Waals surface area contributed by atoms with Gasteiger partial charge in [-0.05, 0) is 25.3 Å². The Labute approximate surface area is 92.9 Å². The first-order valence-corrected chi connectivity index (χ1v) is 5.36. The number of halogens is 3. The van der Waals surface area contributed by atoms with Gasteiger partial charge in [0.05, 0.1) is 0 Å². The molecule has 0 saturated heterocycles. The van der Waals surface area contributed by atoms with E-state index in [1.165, 1.54) is 0 Å². The van der Waals surface area contributed by atoms with Crippen molar-refractivity contribution < 1.29 is 13.2 Å². The smallest absolute Gasteiger partial charge is 0.207 e. The summed E-state index contributed by atoms with van der Waals surface area (Å²) in [6.45, 7) is 1.89. The molecule has 0 aliphatic heterocycles. The predicted octanol–water partition coefficient (Wildman–Crippen LogP) is 3.48. The molecule has 0 N–H and O–H groups in total. The van der Waals surface area contributed by atoms with Crippen LogP contribution >= 0.6 is 0 Å². The quantitative estimate of drug-likeness (QED) is 0.717. The summed E-state index contributed by atoms with van der Waals surface area (Å²) in [5, 5.41) is 0.